The van der Waals surface area contributed by atoms with E-state index < -0.39 is 0 Å². The number of morpholine rings is 1. The predicted octanol–water partition coefficient (Wildman–Crippen LogP) is 1.06. The van der Waals surface area contributed by atoms with Crippen LogP contribution >= 0.6 is 0 Å². The molecule has 0 atom stereocenters. The summed E-state index contributed by atoms with van der Waals surface area (Å²) in [4.78, 5) is 2.29. The number of aliphatic hydroxyl groups excluding tert-OH is 1. The number of halogens is 1. The van der Waals surface area contributed by atoms with Gasteiger partial charge in [-0.15, -0.1) is 0 Å². The molecule has 1 aliphatic rings. The summed E-state index contributed by atoms with van der Waals surface area (Å²) in [5, 5.41) is 12.0. The van der Waals surface area contributed by atoms with Gasteiger partial charge in [-0.3, -0.25) is 4.90 Å². The SMILES string of the molecule is OCc1ccc(NCCN2CCOCC2)c(F)c1. The Balaban J connectivity index is 1.79. The van der Waals surface area contributed by atoms with E-state index in [0.29, 0.717) is 17.8 Å². The highest BCUT2D eigenvalue weighted by Crippen LogP contribution is 2.15. The first kappa shape index (κ1) is 13.3. The molecule has 4 nitrogen and oxygen atoms in total. The Morgan fingerprint density at radius 3 is 2.78 bits per heavy atom. The Bertz CT molecular complexity index is 381. The predicted molar refractivity (Wildman–Crippen MR) is 68.1 cm³/mol. The fraction of sp³-hybridized carbons (Fsp3) is 0.538. The van der Waals surface area contributed by atoms with Crippen molar-refractivity contribution >= 4 is 5.69 Å². The van der Waals surface area contributed by atoms with Crippen molar-refractivity contribution in [2.75, 3.05) is 44.7 Å². The van der Waals surface area contributed by atoms with Crippen molar-refractivity contribution in [1.82, 2.24) is 4.90 Å². The smallest absolute Gasteiger partial charge is 0.146 e. The lowest BCUT2D eigenvalue weighted by atomic mass is 10.2. The molecule has 1 aromatic carbocycles. The molecule has 0 spiro atoms. The van der Waals surface area contributed by atoms with E-state index in [4.69, 9.17) is 9.84 Å². The van der Waals surface area contributed by atoms with E-state index in [9.17, 15) is 4.39 Å². The number of aliphatic hydroxyl groups is 1. The van der Waals surface area contributed by atoms with Crippen molar-refractivity contribution in [3.05, 3.63) is 29.6 Å². The Labute approximate surface area is 106 Å². The van der Waals surface area contributed by atoms with Gasteiger partial charge in [0.25, 0.3) is 0 Å². The van der Waals surface area contributed by atoms with Gasteiger partial charge in [-0.05, 0) is 17.7 Å². The second-order valence-corrected chi connectivity index (χ2v) is 4.35. The molecule has 18 heavy (non-hydrogen) atoms. The molecule has 0 bridgehead atoms. The van der Waals surface area contributed by atoms with Crippen LogP contribution < -0.4 is 5.32 Å². The normalized spacial score (nSPS) is 16.8. The highest BCUT2D eigenvalue weighted by Gasteiger charge is 2.09. The van der Waals surface area contributed by atoms with Gasteiger partial charge >= 0.3 is 0 Å². The molecule has 0 saturated carbocycles. The Morgan fingerprint density at radius 1 is 1.33 bits per heavy atom. The molecule has 1 aliphatic heterocycles. The van der Waals surface area contributed by atoms with Crippen LogP contribution in [0.4, 0.5) is 10.1 Å². The largest absolute Gasteiger partial charge is 0.392 e. The van der Waals surface area contributed by atoms with Gasteiger partial charge in [-0.2, -0.15) is 0 Å². The fourth-order valence-electron chi connectivity index (χ4n) is 1.97. The van der Waals surface area contributed by atoms with Crippen LogP contribution in [-0.2, 0) is 11.3 Å². The van der Waals surface area contributed by atoms with E-state index in [1.165, 1.54) is 6.07 Å². The average molecular weight is 254 g/mol. The van der Waals surface area contributed by atoms with Crippen LogP contribution in [0.15, 0.2) is 18.2 Å². The van der Waals surface area contributed by atoms with Crippen molar-refractivity contribution < 1.29 is 14.2 Å². The molecule has 2 N–H and O–H groups in total. The van der Waals surface area contributed by atoms with Crippen LogP contribution in [0.25, 0.3) is 0 Å². The number of benzene rings is 1. The summed E-state index contributed by atoms with van der Waals surface area (Å²) < 4.78 is 18.9. The fourth-order valence-corrected chi connectivity index (χ4v) is 1.97. The van der Waals surface area contributed by atoms with E-state index in [0.717, 1.165) is 32.8 Å². The van der Waals surface area contributed by atoms with Gasteiger partial charge in [-0.25, -0.2) is 4.39 Å². The topological polar surface area (TPSA) is 44.7 Å². The van der Waals surface area contributed by atoms with Gasteiger partial charge in [0.2, 0.25) is 0 Å². The van der Waals surface area contributed by atoms with Crippen LogP contribution in [0.3, 0.4) is 0 Å². The third-order valence-corrected chi connectivity index (χ3v) is 3.06. The highest BCUT2D eigenvalue weighted by atomic mass is 19.1. The molecule has 0 amide bonds. The second-order valence-electron chi connectivity index (χ2n) is 4.35. The maximum atomic E-state index is 13.6. The molecule has 1 fully saturated rings. The highest BCUT2D eigenvalue weighted by molar-refractivity contribution is 5.46. The molecule has 0 aliphatic carbocycles. The molecule has 2 rings (SSSR count). The van der Waals surface area contributed by atoms with Gasteiger partial charge in [0.1, 0.15) is 5.82 Å². The average Bonchev–Trinajstić information content (AvgIpc) is 2.42. The van der Waals surface area contributed by atoms with Crippen molar-refractivity contribution in [3.63, 3.8) is 0 Å². The van der Waals surface area contributed by atoms with Crippen LogP contribution in [0.2, 0.25) is 0 Å². The van der Waals surface area contributed by atoms with Gasteiger partial charge in [0.15, 0.2) is 0 Å². The number of nitrogens with one attached hydrogen (secondary N) is 1. The van der Waals surface area contributed by atoms with Crippen LogP contribution in [0.1, 0.15) is 5.56 Å². The first-order valence-electron chi connectivity index (χ1n) is 6.23. The molecule has 0 unspecified atom stereocenters. The minimum atomic E-state index is -0.316. The molecule has 0 radical (unpaired) electrons. The summed E-state index contributed by atoms with van der Waals surface area (Å²) in [6, 6.07) is 4.75. The molecule has 1 heterocycles. The minimum Gasteiger partial charge on any atom is -0.392 e. The van der Waals surface area contributed by atoms with Gasteiger partial charge < -0.3 is 15.2 Å². The van der Waals surface area contributed by atoms with Crippen molar-refractivity contribution in [2.24, 2.45) is 0 Å². The third kappa shape index (κ3) is 3.66. The summed E-state index contributed by atoms with van der Waals surface area (Å²) >= 11 is 0. The van der Waals surface area contributed by atoms with E-state index in [2.05, 4.69) is 10.2 Å². The number of ether oxygens (including phenoxy) is 1. The summed E-state index contributed by atoms with van der Waals surface area (Å²) in [6.07, 6.45) is 0. The third-order valence-electron chi connectivity index (χ3n) is 3.06. The van der Waals surface area contributed by atoms with Crippen LogP contribution in [0.5, 0.6) is 0 Å². The molecule has 1 aromatic rings. The Hall–Kier alpha value is -1.17. The molecule has 100 valence electrons. The first-order chi connectivity index (χ1) is 8.79. The summed E-state index contributed by atoms with van der Waals surface area (Å²) in [6.45, 7) is 4.88. The Morgan fingerprint density at radius 2 is 2.11 bits per heavy atom. The van der Waals surface area contributed by atoms with Gasteiger partial charge in [-0.1, -0.05) is 6.07 Å². The number of hydrogen-bond donors (Lipinski definition) is 2. The maximum absolute atomic E-state index is 13.6. The molecule has 5 heteroatoms. The second kappa shape index (κ2) is 6.68. The van der Waals surface area contributed by atoms with Gasteiger partial charge in [0.05, 0.1) is 25.5 Å². The van der Waals surface area contributed by atoms with Gasteiger partial charge in [0, 0.05) is 26.2 Å². The van der Waals surface area contributed by atoms with Crippen molar-refractivity contribution in [3.8, 4) is 0 Å². The number of anilines is 1. The molecular weight excluding hydrogens is 235 g/mol. The summed E-state index contributed by atoms with van der Waals surface area (Å²) in [5.74, 6) is -0.316. The number of hydrogen-bond acceptors (Lipinski definition) is 4. The number of rotatable bonds is 5. The quantitative estimate of drug-likeness (QED) is 0.825. The van der Waals surface area contributed by atoms with E-state index in [-0.39, 0.29) is 12.4 Å². The van der Waals surface area contributed by atoms with Crippen molar-refractivity contribution in [1.29, 1.82) is 0 Å². The lowest BCUT2D eigenvalue weighted by molar-refractivity contribution is 0.0398. The molecular formula is C13H19FN2O2. The van der Waals surface area contributed by atoms with E-state index >= 15 is 0 Å². The molecule has 0 aromatic heterocycles. The first-order valence-corrected chi connectivity index (χ1v) is 6.23. The number of nitrogens with zero attached hydrogens (tertiary/aromatic N) is 1. The Kier molecular flexibility index (Phi) is 4.92. The maximum Gasteiger partial charge on any atom is 0.146 e. The standard InChI is InChI=1S/C13H19FN2O2/c14-12-9-11(10-17)1-2-13(12)15-3-4-16-5-7-18-8-6-16/h1-2,9,15,17H,3-8,10H2. The van der Waals surface area contributed by atoms with Crippen molar-refractivity contribution in [2.45, 2.75) is 6.61 Å². The lowest BCUT2D eigenvalue weighted by Gasteiger charge is -2.26. The zero-order valence-electron chi connectivity index (χ0n) is 10.4. The zero-order chi connectivity index (χ0) is 12.8. The summed E-state index contributed by atoms with van der Waals surface area (Å²) in [5.41, 5.74) is 1.08. The lowest BCUT2D eigenvalue weighted by Crippen LogP contribution is -2.39. The monoisotopic (exact) mass is 254 g/mol. The van der Waals surface area contributed by atoms with Crippen LogP contribution in [-0.4, -0.2) is 49.4 Å². The summed E-state index contributed by atoms with van der Waals surface area (Å²) in [7, 11) is 0. The minimum absolute atomic E-state index is 0.134. The van der Waals surface area contributed by atoms with E-state index in [1.54, 1.807) is 12.1 Å². The van der Waals surface area contributed by atoms with Crippen LogP contribution in [0, 0.1) is 5.82 Å². The molecule has 1 saturated heterocycles. The zero-order valence-corrected chi connectivity index (χ0v) is 10.4. The van der Waals surface area contributed by atoms with E-state index in [1.807, 2.05) is 0 Å².